The molecule has 0 aliphatic heterocycles. The molecule has 2 N–H and O–H groups in total. The van der Waals surface area contributed by atoms with E-state index in [0.29, 0.717) is 31.0 Å². The zero-order chi connectivity index (χ0) is 16.5. The molecule has 0 saturated carbocycles. The lowest BCUT2D eigenvalue weighted by atomic mass is 10.2. The Morgan fingerprint density at radius 1 is 1.27 bits per heavy atom. The summed E-state index contributed by atoms with van der Waals surface area (Å²) in [6.07, 6.45) is 0.442. The Bertz CT molecular complexity index is 519. The molecule has 1 rings (SSSR count). The van der Waals surface area contributed by atoms with Crippen molar-refractivity contribution < 1.29 is 24.2 Å². The van der Waals surface area contributed by atoms with Gasteiger partial charge in [-0.1, -0.05) is 0 Å². The number of carbonyl (C=O) groups excluding carboxylic acids is 1. The summed E-state index contributed by atoms with van der Waals surface area (Å²) in [6, 6.07) is 5.14. The van der Waals surface area contributed by atoms with Crippen LogP contribution in [0.5, 0.6) is 11.5 Å². The minimum Gasteiger partial charge on any atom is -0.497 e. The predicted octanol–water partition coefficient (Wildman–Crippen LogP) is 1.71. The SMILES string of the molecule is COc1ccc(CN(C)C(=O)NCCCC(=O)O)c(OC)c1. The molecule has 0 aliphatic rings. The van der Waals surface area contributed by atoms with Crippen molar-refractivity contribution in [2.75, 3.05) is 27.8 Å². The Balaban J connectivity index is 2.54. The van der Waals surface area contributed by atoms with Crippen molar-refractivity contribution in [1.29, 1.82) is 0 Å². The van der Waals surface area contributed by atoms with E-state index >= 15 is 0 Å². The lowest BCUT2D eigenvalue weighted by Crippen LogP contribution is -2.37. The summed E-state index contributed by atoms with van der Waals surface area (Å²) in [6.45, 7) is 0.702. The van der Waals surface area contributed by atoms with Crippen molar-refractivity contribution in [2.45, 2.75) is 19.4 Å². The third-order valence-corrected chi connectivity index (χ3v) is 3.09. The van der Waals surface area contributed by atoms with E-state index in [1.807, 2.05) is 6.07 Å². The van der Waals surface area contributed by atoms with E-state index in [9.17, 15) is 9.59 Å². The van der Waals surface area contributed by atoms with Crippen molar-refractivity contribution in [1.82, 2.24) is 10.2 Å². The van der Waals surface area contributed by atoms with Crippen LogP contribution < -0.4 is 14.8 Å². The van der Waals surface area contributed by atoms with Crippen LogP contribution in [-0.2, 0) is 11.3 Å². The van der Waals surface area contributed by atoms with Crippen LogP contribution in [0.1, 0.15) is 18.4 Å². The molecule has 0 atom stereocenters. The number of carboxylic acid groups (broad SMARTS) is 1. The lowest BCUT2D eigenvalue weighted by molar-refractivity contribution is -0.137. The number of ether oxygens (including phenoxy) is 2. The fourth-order valence-corrected chi connectivity index (χ4v) is 1.88. The third-order valence-electron chi connectivity index (χ3n) is 3.09. The minimum absolute atomic E-state index is 0.0380. The summed E-state index contributed by atoms with van der Waals surface area (Å²) >= 11 is 0. The Morgan fingerprint density at radius 3 is 2.59 bits per heavy atom. The smallest absolute Gasteiger partial charge is 0.317 e. The molecule has 0 saturated heterocycles. The maximum absolute atomic E-state index is 11.9. The zero-order valence-corrected chi connectivity index (χ0v) is 13.1. The molecule has 7 heteroatoms. The van der Waals surface area contributed by atoms with E-state index < -0.39 is 5.97 Å². The van der Waals surface area contributed by atoms with Gasteiger partial charge in [0.15, 0.2) is 0 Å². The number of carboxylic acids is 1. The molecule has 2 amide bonds. The average Bonchev–Trinajstić information content (AvgIpc) is 2.51. The third kappa shape index (κ3) is 5.51. The molecule has 0 unspecified atom stereocenters. The van der Waals surface area contributed by atoms with Crippen molar-refractivity contribution in [3.05, 3.63) is 23.8 Å². The fraction of sp³-hybridized carbons (Fsp3) is 0.467. The second kappa shape index (κ2) is 8.76. The number of urea groups is 1. The highest BCUT2D eigenvalue weighted by atomic mass is 16.5. The Hall–Kier alpha value is -2.44. The number of hydrogen-bond acceptors (Lipinski definition) is 4. The predicted molar refractivity (Wildman–Crippen MR) is 81.3 cm³/mol. The fourth-order valence-electron chi connectivity index (χ4n) is 1.88. The van der Waals surface area contributed by atoms with Gasteiger partial charge in [0.25, 0.3) is 0 Å². The number of methoxy groups -OCH3 is 2. The molecule has 122 valence electrons. The van der Waals surface area contributed by atoms with Gasteiger partial charge in [0, 0.05) is 31.6 Å². The maximum atomic E-state index is 11.9. The highest BCUT2D eigenvalue weighted by molar-refractivity contribution is 5.74. The summed E-state index contributed by atoms with van der Waals surface area (Å²) < 4.78 is 10.4. The van der Waals surface area contributed by atoms with Crippen LogP contribution in [0.2, 0.25) is 0 Å². The van der Waals surface area contributed by atoms with Gasteiger partial charge in [0.1, 0.15) is 11.5 Å². The Labute approximate surface area is 129 Å². The molecule has 0 aliphatic carbocycles. The summed E-state index contributed by atoms with van der Waals surface area (Å²) in [4.78, 5) is 23.8. The standard InChI is InChI=1S/C15H22N2O5/c1-17(15(20)16-8-4-5-14(18)19)10-11-6-7-12(21-2)9-13(11)22-3/h6-7,9H,4-5,8,10H2,1-3H3,(H,16,20)(H,18,19). The number of benzene rings is 1. The second-order valence-electron chi connectivity index (χ2n) is 4.76. The van der Waals surface area contributed by atoms with E-state index in [0.717, 1.165) is 5.56 Å². The van der Waals surface area contributed by atoms with Gasteiger partial charge in [-0.25, -0.2) is 4.79 Å². The summed E-state index contributed by atoms with van der Waals surface area (Å²) in [7, 11) is 4.80. The van der Waals surface area contributed by atoms with Crippen LogP contribution in [0.3, 0.4) is 0 Å². The van der Waals surface area contributed by atoms with Crippen molar-refractivity contribution in [2.24, 2.45) is 0 Å². The van der Waals surface area contributed by atoms with E-state index in [-0.39, 0.29) is 12.5 Å². The van der Waals surface area contributed by atoms with E-state index in [4.69, 9.17) is 14.6 Å². The van der Waals surface area contributed by atoms with Gasteiger partial charge in [-0.15, -0.1) is 0 Å². The number of hydrogen-bond donors (Lipinski definition) is 2. The second-order valence-corrected chi connectivity index (χ2v) is 4.76. The number of carbonyl (C=O) groups is 2. The molecule has 0 heterocycles. The number of amides is 2. The first-order valence-corrected chi connectivity index (χ1v) is 6.89. The molecule has 0 bridgehead atoms. The number of nitrogens with one attached hydrogen (secondary N) is 1. The normalized spacial score (nSPS) is 9.95. The van der Waals surface area contributed by atoms with Gasteiger partial charge >= 0.3 is 12.0 Å². The number of nitrogens with zero attached hydrogens (tertiary/aromatic N) is 1. The monoisotopic (exact) mass is 310 g/mol. The van der Waals surface area contributed by atoms with Gasteiger partial charge in [-0.3, -0.25) is 4.79 Å². The maximum Gasteiger partial charge on any atom is 0.317 e. The van der Waals surface area contributed by atoms with Gasteiger partial charge in [-0.2, -0.15) is 0 Å². The summed E-state index contributed by atoms with van der Waals surface area (Å²) in [5.74, 6) is 0.455. The van der Waals surface area contributed by atoms with Crippen molar-refractivity contribution in [3.8, 4) is 11.5 Å². The highest BCUT2D eigenvalue weighted by Gasteiger charge is 2.12. The minimum atomic E-state index is -0.870. The molecule has 1 aromatic rings. The summed E-state index contributed by atoms with van der Waals surface area (Å²) in [5.41, 5.74) is 0.853. The first kappa shape index (κ1) is 17.6. The van der Waals surface area contributed by atoms with Crippen LogP contribution in [0.25, 0.3) is 0 Å². The first-order chi connectivity index (χ1) is 10.5. The molecule has 0 spiro atoms. The van der Waals surface area contributed by atoms with E-state index in [1.165, 1.54) is 4.90 Å². The van der Waals surface area contributed by atoms with Crippen molar-refractivity contribution >= 4 is 12.0 Å². The molecule has 22 heavy (non-hydrogen) atoms. The topological polar surface area (TPSA) is 88.1 Å². The van der Waals surface area contributed by atoms with Crippen LogP contribution in [0, 0.1) is 0 Å². The van der Waals surface area contributed by atoms with E-state index in [1.54, 1.807) is 33.4 Å². The van der Waals surface area contributed by atoms with Gasteiger partial charge < -0.3 is 24.8 Å². The zero-order valence-electron chi connectivity index (χ0n) is 13.1. The first-order valence-electron chi connectivity index (χ1n) is 6.89. The van der Waals surface area contributed by atoms with Gasteiger partial charge in [0.2, 0.25) is 0 Å². The molecule has 0 aromatic heterocycles. The van der Waals surface area contributed by atoms with Crippen LogP contribution in [0.4, 0.5) is 4.79 Å². The van der Waals surface area contributed by atoms with Gasteiger partial charge in [0.05, 0.1) is 20.8 Å². The summed E-state index contributed by atoms with van der Waals surface area (Å²) in [5, 5.41) is 11.2. The Morgan fingerprint density at radius 2 is 2.00 bits per heavy atom. The molecular weight excluding hydrogens is 288 g/mol. The van der Waals surface area contributed by atoms with Crippen LogP contribution in [0.15, 0.2) is 18.2 Å². The lowest BCUT2D eigenvalue weighted by Gasteiger charge is -2.19. The molecule has 0 radical (unpaired) electrons. The molecular formula is C15H22N2O5. The molecule has 1 aromatic carbocycles. The molecule has 7 nitrogen and oxygen atoms in total. The van der Waals surface area contributed by atoms with Crippen molar-refractivity contribution in [3.63, 3.8) is 0 Å². The van der Waals surface area contributed by atoms with E-state index in [2.05, 4.69) is 5.32 Å². The largest absolute Gasteiger partial charge is 0.497 e. The molecule has 0 fully saturated rings. The van der Waals surface area contributed by atoms with Gasteiger partial charge in [-0.05, 0) is 18.6 Å². The van der Waals surface area contributed by atoms with Crippen LogP contribution >= 0.6 is 0 Å². The number of rotatable bonds is 8. The van der Waals surface area contributed by atoms with Crippen LogP contribution in [-0.4, -0.2) is 49.8 Å². The number of aliphatic carboxylic acids is 1. The average molecular weight is 310 g/mol. The Kier molecular flexibility index (Phi) is 7.01. The quantitative estimate of drug-likeness (QED) is 0.714. The highest BCUT2D eigenvalue weighted by Crippen LogP contribution is 2.25.